The molecule has 4 rings (SSSR count). The number of likely N-dealkylation sites (tertiary alicyclic amines) is 1. The fraction of sp³-hybridized carbons (Fsp3) is 0.643. The van der Waals surface area contributed by atoms with E-state index in [0.29, 0.717) is 19.7 Å². The molecule has 0 radical (unpaired) electrons. The number of anilines is 1. The molecule has 0 saturated carbocycles. The molecular weight excluding hydrogens is 442 g/mol. The summed E-state index contributed by atoms with van der Waals surface area (Å²) in [7, 11) is 1.72. The lowest BCUT2D eigenvalue weighted by Gasteiger charge is -2.50. The standard InChI is InChI=1S/C28H41N3O4/c1-19(2)34-25-14-21(4)24(13-22(25)5)27(32)30-11-9-28(10-12-30)18-31(16-23(35-28)17-33-6)26-8-7-20(3)15-29-26/h7-8,13,15,19,21,23H,9-12,14,16-18H2,1-6H3. The first-order valence-corrected chi connectivity index (χ1v) is 12.9. The van der Waals surface area contributed by atoms with Gasteiger partial charge in [-0.15, -0.1) is 0 Å². The Hall–Kier alpha value is -2.38. The summed E-state index contributed by atoms with van der Waals surface area (Å²) in [6, 6.07) is 4.19. The number of aromatic nitrogens is 1. The highest BCUT2D eigenvalue weighted by Gasteiger charge is 2.44. The normalized spacial score (nSPS) is 24.7. The number of ether oxygens (including phenoxy) is 3. The molecule has 2 unspecified atom stereocenters. The smallest absolute Gasteiger partial charge is 0.250 e. The van der Waals surface area contributed by atoms with Crippen molar-refractivity contribution in [2.45, 2.75) is 71.7 Å². The summed E-state index contributed by atoms with van der Waals surface area (Å²) in [6.07, 6.45) is 6.46. The first-order chi connectivity index (χ1) is 16.7. The van der Waals surface area contributed by atoms with E-state index >= 15 is 0 Å². The minimum absolute atomic E-state index is 0.0210. The van der Waals surface area contributed by atoms with Gasteiger partial charge in [0.25, 0.3) is 0 Å². The van der Waals surface area contributed by atoms with Crippen molar-refractivity contribution in [3.05, 3.63) is 46.9 Å². The van der Waals surface area contributed by atoms with Gasteiger partial charge in [-0.25, -0.2) is 4.98 Å². The number of carbonyl (C=O) groups excluding carboxylic acids is 1. The number of hydrogen-bond acceptors (Lipinski definition) is 6. The lowest BCUT2D eigenvalue weighted by atomic mass is 9.85. The number of allylic oxidation sites excluding steroid dienone is 3. The Kier molecular flexibility index (Phi) is 7.86. The molecule has 3 heterocycles. The lowest BCUT2D eigenvalue weighted by molar-refractivity contribution is -0.155. The fourth-order valence-corrected chi connectivity index (χ4v) is 5.46. The molecule has 1 aromatic heterocycles. The zero-order valence-corrected chi connectivity index (χ0v) is 22.2. The summed E-state index contributed by atoms with van der Waals surface area (Å²) < 4.78 is 18.1. The Morgan fingerprint density at radius 3 is 2.63 bits per heavy atom. The predicted molar refractivity (Wildman–Crippen MR) is 137 cm³/mol. The van der Waals surface area contributed by atoms with Crippen molar-refractivity contribution in [1.82, 2.24) is 9.88 Å². The highest BCUT2D eigenvalue weighted by atomic mass is 16.5. The number of rotatable bonds is 6. The van der Waals surface area contributed by atoms with Crippen molar-refractivity contribution in [3.8, 4) is 0 Å². The Morgan fingerprint density at radius 1 is 1.26 bits per heavy atom. The third kappa shape index (κ3) is 5.89. The van der Waals surface area contributed by atoms with Crippen LogP contribution in [-0.2, 0) is 19.0 Å². The van der Waals surface area contributed by atoms with Gasteiger partial charge in [-0.2, -0.15) is 0 Å². The predicted octanol–water partition coefficient (Wildman–Crippen LogP) is 4.27. The minimum atomic E-state index is -0.300. The van der Waals surface area contributed by atoms with E-state index in [9.17, 15) is 4.79 Å². The van der Waals surface area contributed by atoms with Gasteiger partial charge in [-0.3, -0.25) is 4.79 Å². The Labute approximate surface area is 210 Å². The van der Waals surface area contributed by atoms with Crippen LogP contribution in [0.3, 0.4) is 0 Å². The van der Waals surface area contributed by atoms with Crippen LogP contribution in [0.2, 0.25) is 0 Å². The fourth-order valence-electron chi connectivity index (χ4n) is 5.46. The average Bonchev–Trinajstić information content (AvgIpc) is 2.81. The minimum Gasteiger partial charge on any atom is -0.495 e. The van der Waals surface area contributed by atoms with Crippen LogP contribution < -0.4 is 4.90 Å². The Morgan fingerprint density at radius 2 is 2.00 bits per heavy atom. The molecule has 0 aromatic carbocycles. The summed E-state index contributed by atoms with van der Waals surface area (Å²) >= 11 is 0. The molecule has 2 saturated heterocycles. The van der Waals surface area contributed by atoms with Gasteiger partial charge >= 0.3 is 0 Å². The van der Waals surface area contributed by atoms with Gasteiger partial charge in [-0.1, -0.05) is 13.0 Å². The van der Waals surface area contributed by atoms with E-state index in [1.54, 1.807) is 7.11 Å². The molecule has 2 fully saturated rings. The molecule has 3 aliphatic rings. The molecule has 7 heteroatoms. The van der Waals surface area contributed by atoms with Crippen LogP contribution in [0.25, 0.3) is 0 Å². The Bertz CT molecular complexity index is 961. The van der Waals surface area contributed by atoms with Gasteiger partial charge in [-0.05, 0) is 69.7 Å². The summed E-state index contributed by atoms with van der Waals surface area (Å²) in [6.45, 7) is 13.8. The highest BCUT2D eigenvalue weighted by Crippen LogP contribution is 2.36. The van der Waals surface area contributed by atoms with Crippen molar-refractivity contribution >= 4 is 11.7 Å². The number of hydrogen-bond donors (Lipinski definition) is 0. The number of nitrogens with zero attached hydrogens (tertiary/aromatic N) is 3. The molecular formula is C28H41N3O4. The summed E-state index contributed by atoms with van der Waals surface area (Å²) in [5, 5.41) is 0. The van der Waals surface area contributed by atoms with Crippen LogP contribution in [0.1, 0.15) is 52.5 Å². The van der Waals surface area contributed by atoms with E-state index in [2.05, 4.69) is 35.9 Å². The quantitative estimate of drug-likeness (QED) is 0.602. The van der Waals surface area contributed by atoms with Gasteiger partial charge in [0.1, 0.15) is 5.82 Å². The van der Waals surface area contributed by atoms with Crippen molar-refractivity contribution in [2.75, 3.05) is 44.8 Å². The monoisotopic (exact) mass is 483 g/mol. The molecule has 0 N–H and O–H groups in total. The molecule has 7 nitrogen and oxygen atoms in total. The van der Waals surface area contributed by atoms with Crippen molar-refractivity contribution in [1.29, 1.82) is 0 Å². The molecule has 192 valence electrons. The van der Waals surface area contributed by atoms with E-state index in [1.807, 2.05) is 37.9 Å². The average molecular weight is 484 g/mol. The van der Waals surface area contributed by atoms with E-state index in [4.69, 9.17) is 14.2 Å². The zero-order chi connectivity index (χ0) is 25.2. The molecule has 0 bridgehead atoms. The molecule has 2 atom stereocenters. The summed E-state index contributed by atoms with van der Waals surface area (Å²) in [5.74, 6) is 2.28. The number of amides is 1. The number of piperidine rings is 1. The number of methoxy groups -OCH3 is 1. The molecule has 35 heavy (non-hydrogen) atoms. The number of carbonyl (C=O) groups is 1. The third-order valence-electron chi connectivity index (χ3n) is 7.31. The second-order valence-electron chi connectivity index (χ2n) is 10.7. The molecule has 1 aromatic rings. The van der Waals surface area contributed by atoms with Gasteiger partial charge < -0.3 is 24.0 Å². The maximum Gasteiger partial charge on any atom is 0.250 e. The van der Waals surface area contributed by atoms with Gasteiger partial charge in [0.15, 0.2) is 0 Å². The van der Waals surface area contributed by atoms with Gasteiger partial charge in [0, 0.05) is 51.5 Å². The van der Waals surface area contributed by atoms with Gasteiger partial charge in [0.05, 0.1) is 30.2 Å². The molecule has 1 aliphatic carbocycles. The van der Waals surface area contributed by atoms with Gasteiger partial charge in [0.2, 0.25) is 5.91 Å². The highest BCUT2D eigenvalue weighted by molar-refractivity contribution is 5.94. The van der Waals surface area contributed by atoms with E-state index in [0.717, 1.165) is 60.6 Å². The number of morpholine rings is 1. The lowest BCUT2D eigenvalue weighted by Crippen LogP contribution is -2.61. The summed E-state index contributed by atoms with van der Waals surface area (Å²) in [4.78, 5) is 22.5. The van der Waals surface area contributed by atoms with Crippen LogP contribution in [0.4, 0.5) is 5.82 Å². The second kappa shape index (κ2) is 10.7. The van der Waals surface area contributed by atoms with Crippen LogP contribution in [0.15, 0.2) is 41.3 Å². The van der Waals surface area contributed by atoms with E-state index in [-0.39, 0.29) is 29.6 Å². The number of pyridine rings is 1. The van der Waals surface area contributed by atoms with Crippen molar-refractivity contribution in [2.24, 2.45) is 5.92 Å². The zero-order valence-electron chi connectivity index (χ0n) is 22.2. The van der Waals surface area contributed by atoms with Crippen LogP contribution in [-0.4, -0.2) is 73.5 Å². The summed E-state index contributed by atoms with van der Waals surface area (Å²) in [5.41, 5.74) is 2.80. The maximum atomic E-state index is 13.5. The van der Waals surface area contributed by atoms with Crippen LogP contribution in [0.5, 0.6) is 0 Å². The first-order valence-electron chi connectivity index (χ1n) is 12.9. The SMILES string of the molecule is COCC1CN(c2ccc(C)cn2)CC2(CCN(C(=O)C3=CC(C)=C(OC(C)C)CC3C)CC2)O1. The third-order valence-corrected chi connectivity index (χ3v) is 7.31. The van der Waals surface area contributed by atoms with E-state index < -0.39 is 0 Å². The molecule has 2 aliphatic heterocycles. The van der Waals surface area contributed by atoms with Crippen LogP contribution in [0, 0.1) is 12.8 Å². The second-order valence-corrected chi connectivity index (χ2v) is 10.7. The van der Waals surface area contributed by atoms with Crippen molar-refractivity contribution < 1.29 is 19.0 Å². The first kappa shape index (κ1) is 25.7. The Balaban J connectivity index is 1.45. The van der Waals surface area contributed by atoms with E-state index in [1.165, 1.54) is 0 Å². The topological polar surface area (TPSA) is 64.1 Å². The maximum absolute atomic E-state index is 13.5. The largest absolute Gasteiger partial charge is 0.495 e. The van der Waals surface area contributed by atoms with Crippen LogP contribution >= 0.6 is 0 Å². The molecule has 1 amide bonds. The number of aryl methyl sites for hydroxylation is 1. The van der Waals surface area contributed by atoms with Crippen molar-refractivity contribution in [3.63, 3.8) is 0 Å². The molecule has 1 spiro atoms.